The topological polar surface area (TPSA) is 49.6 Å². The van der Waals surface area contributed by atoms with Crippen LogP contribution in [0.15, 0.2) is 176 Å². The van der Waals surface area contributed by atoms with Gasteiger partial charge in [-0.2, -0.15) is 5.26 Å². The lowest BCUT2D eigenvalue weighted by molar-refractivity contribution is 1.18. The quantitative estimate of drug-likeness (QED) is 0.140. The third-order valence-electron chi connectivity index (χ3n) is 9.50. The van der Waals surface area contributed by atoms with Crippen molar-refractivity contribution in [3.63, 3.8) is 0 Å². The van der Waals surface area contributed by atoms with Crippen LogP contribution in [-0.2, 0) is 0 Å². The maximum atomic E-state index is 9.38. The highest BCUT2D eigenvalue weighted by atomic mass is 14.9. The van der Waals surface area contributed by atoms with Crippen molar-refractivity contribution in [2.24, 2.45) is 0 Å². The Bertz CT molecular complexity index is 2760. The van der Waals surface area contributed by atoms with Gasteiger partial charge in [-0.3, -0.25) is 0 Å². The van der Waals surface area contributed by atoms with Crippen LogP contribution in [0.25, 0.3) is 88.5 Å². The zero-order valence-corrected chi connectivity index (χ0v) is 27.1. The Morgan fingerprint density at radius 2 is 1.04 bits per heavy atom. The lowest BCUT2D eigenvalue weighted by Crippen LogP contribution is -1.97. The Kier molecular flexibility index (Phi) is 7.19. The highest BCUT2D eigenvalue weighted by molar-refractivity contribution is 6.20. The van der Waals surface area contributed by atoms with E-state index in [1.165, 1.54) is 37.9 Å². The van der Waals surface area contributed by atoms with Crippen LogP contribution < -0.4 is 0 Å². The summed E-state index contributed by atoms with van der Waals surface area (Å²) in [5, 5.41) is 16.8. The molecule has 1 heterocycles. The molecule has 0 aliphatic carbocycles. The van der Waals surface area contributed by atoms with Gasteiger partial charge >= 0.3 is 0 Å². The van der Waals surface area contributed by atoms with E-state index in [2.05, 4.69) is 127 Å². The predicted molar refractivity (Wildman–Crippen MR) is 206 cm³/mol. The number of nitrogens with zero attached hydrogens (tertiary/aromatic N) is 3. The predicted octanol–water partition coefficient (Wildman–Crippen LogP) is 12.1. The molecule has 0 bridgehead atoms. The molecule has 0 amide bonds. The summed E-state index contributed by atoms with van der Waals surface area (Å²) in [6, 6.07) is 63.4. The molecule has 0 aliphatic rings. The van der Waals surface area contributed by atoms with E-state index in [1.807, 2.05) is 54.6 Å². The Balaban J connectivity index is 1.26. The first-order valence-electron chi connectivity index (χ1n) is 16.7. The van der Waals surface area contributed by atoms with Crippen molar-refractivity contribution in [3.05, 3.63) is 181 Å². The van der Waals surface area contributed by atoms with Gasteiger partial charge in [-0.1, -0.05) is 146 Å². The van der Waals surface area contributed by atoms with E-state index in [-0.39, 0.29) is 0 Å². The van der Waals surface area contributed by atoms with Gasteiger partial charge in [-0.05, 0) is 84.9 Å². The first-order chi connectivity index (χ1) is 24.7. The second-order valence-corrected chi connectivity index (χ2v) is 12.5. The lowest BCUT2D eigenvalue weighted by Gasteiger charge is -2.16. The smallest absolute Gasteiger partial charge is 0.160 e. The standard InChI is InChI=1S/C47H29N3/c48-30-31-21-23-33(24-22-31)38-17-8-9-20-41(38)45-29-44(49-47(50-45)34-12-2-1-3-13-34)36-15-10-16-37(27-36)46-40-19-7-5-14-35(40)28-43-39-18-6-4-11-32(39)25-26-42(43)46/h1-29H. The van der Waals surface area contributed by atoms with Crippen molar-refractivity contribution in [2.45, 2.75) is 0 Å². The van der Waals surface area contributed by atoms with E-state index in [0.717, 1.165) is 44.8 Å². The first-order valence-corrected chi connectivity index (χ1v) is 16.7. The molecular weight excluding hydrogens is 607 g/mol. The van der Waals surface area contributed by atoms with Gasteiger partial charge in [0, 0.05) is 16.7 Å². The molecule has 3 heteroatoms. The molecule has 0 unspecified atom stereocenters. The average molecular weight is 636 g/mol. The molecule has 0 saturated heterocycles. The zero-order chi connectivity index (χ0) is 33.4. The minimum atomic E-state index is 0.633. The van der Waals surface area contributed by atoms with Crippen LogP contribution >= 0.6 is 0 Å². The molecule has 0 atom stereocenters. The summed E-state index contributed by atoms with van der Waals surface area (Å²) in [5.41, 5.74) is 9.71. The van der Waals surface area contributed by atoms with Crippen molar-refractivity contribution in [3.8, 4) is 62.2 Å². The number of fused-ring (bicyclic) bond motifs is 4. The van der Waals surface area contributed by atoms with Gasteiger partial charge in [0.05, 0.1) is 23.0 Å². The fourth-order valence-electron chi connectivity index (χ4n) is 7.10. The van der Waals surface area contributed by atoms with Crippen LogP contribution in [-0.4, -0.2) is 9.97 Å². The molecule has 0 saturated carbocycles. The maximum Gasteiger partial charge on any atom is 0.160 e. The fraction of sp³-hybridized carbons (Fsp3) is 0. The summed E-state index contributed by atoms with van der Waals surface area (Å²) >= 11 is 0. The zero-order valence-electron chi connectivity index (χ0n) is 27.1. The maximum absolute atomic E-state index is 9.38. The van der Waals surface area contributed by atoms with Gasteiger partial charge in [-0.25, -0.2) is 9.97 Å². The molecule has 9 rings (SSSR count). The van der Waals surface area contributed by atoms with Crippen LogP contribution in [0.1, 0.15) is 5.56 Å². The summed E-state index contributed by atoms with van der Waals surface area (Å²) in [6.45, 7) is 0. The van der Waals surface area contributed by atoms with Crippen LogP contribution in [0.3, 0.4) is 0 Å². The van der Waals surface area contributed by atoms with Gasteiger partial charge in [0.1, 0.15) is 0 Å². The molecule has 0 N–H and O–H groups in total. The number of rotatable bonds is 5. The Hall–Kier alpha value is -6.89. The highest BCUT2D eigenvalue weighted by Crippen LogP contribution is 2.41. The molecule has 0 spiro atoms. The van der Waals surface area contributed by atoms with Gasteiger partial charge in [0.25, 0.3) is 0 Å². The fourth-order valence-corrected chi connectivity index (χ4v) is 7.10. The molecule has 8 aromatic carbocycles. The Morgan fingerprint density at radius 1 is 0.380 bits per heavy atom. The average Bonchev–Trinajstić information content (AvgIpc) is 3.20. The van der Waals surface area contributed by atoms with E-state index in [1.54, 1.807) is 0 Å². The Labute approximate surface area is 290 Å². The number of benzene rings is 8. The van der Waals surface area contributed by atoms with Gasteiger partial charge < -0.3 is 0 Å². The van der Waals surface area contributed by atoms with Crippen LogP contribution in [0.2, 0.25) is 0 Å². The Morgan fingerprint density at radius 3 is 1.86 bits per heavy atom. The van der Waals surface area contributed by atoms with Gasteiger partial charge in [0.2, 0.25) is 0 Å². The number of nitriles is 1. The molecular formula is C47H29N3. The number of hydrogen-bond acceptors (Lipinski definition) is 3. The van der Waals surface area contributed by atoms with Gasteiger partial charge in [-0.15, -0.1) is 0 Å². The van der Waals surface area contributed by atoms with E-state index >= 15 is 0 Å². The van der Waals surface area contributed by atoms with Crippen molar-refractivity contribution < 1.29 is 0 Å². The van der Waals surface area contributed by atoms with Crippen molar-refractivity contribution in [1.82, 2.24) is 9.97 Å². The van der Waals surface area contributed by atoms with Crippen LogP contribution in [0.4, 0.5) is 0 Å². The highest BCUT2D eigenvalue weighted by Gasteiger charge is 2.16. The van der Waals surface area contributed by atoms with Gasteiger partial charge in [0.15, 0.2) is 5.82 Å². The largest absolute Gasteiger partial charge is 0.228 e. The summed E-state index contributed by atoms with van der Waals surface area (Å²) in [4.78, 5) is 10.3. The molecule has 9 aromatic rings. The lowest BCUT2D eigenvalue weighted by atomic mass is 9.89. The monoisotopic (exact) mass is 635 g/mol. The minimum absolute atomic E-state index is 0.633. The summed E-state index contributed by atoms with van der Waals surface area (Å²) in [6.07, 6.45) is 0. The summed E-state index contributed by atoms with van der Waals surface area (Å²) in [5.74, 6) is 0.667. The second-order valence-electron chi connectivity index (χ2n) is 12.5. The number of aromatic nitrogens is 2. The molecule has 232 valence electrons. The minimum Gasteiger partial charge on any atom is -0.228 e. The normalized spacial score (nSPS) is 11.2. The third kappa shape index (κ3) is 5.17. The van der Waals surface area contributed by atoms with Crippen molar-refractivity contribution in [1.29, 1.82) is 5.26 Å². The van der Waals surface area contributed by atoms with E-state index in [9.17, 15) is 5.26 Å². The van der Waals surface area contributed by atoms with Crippen molar-refractivity contribution in [2.75, 3.05) is 0 Å². The molecule has 0 aliphatic heterocycles. The molecule has 0 fully saturated rings. The molecule has 1 aromatic heterocycles. The summed E-state index contributed by atoms with van der Waals surface area (Å²) in [7, 11) is 0. The van der Waals surface area contributed by atoms with Crippen molar-refractivity contribution >= 4 is 32.3 Å². The summed E-state index contributed by atoms with van der Waals surface area (Å²) < 4.78 is 0. The van der Waals surface area contributed by atoms with E-state index in [4.69, 9.17) is 9.97 Å². The van der Waals surface area contributed by atoms with Crippen LogP contribution in [0, 0.1) is 11.3 Å². The first kappa shape index (κ1) is 29.3. The van der Waals surface area contributed by atoms with E-state index in [0.29, 0.717) is 11.4 Å². The second kappa shape index (κ2) is 12.3. The van der Waals surface area contributed by atoms with Crippen LogP contribution in [0.5, 0.6) is 0 Å². The molecule has 50 heavy (non-hydrogen) atoms. The molecule has 3 nitrogen and oxygen atoms in total. The number of hydrogen-bond donors (Lipinski definition) is 0. The third-order valence-corrected chi connectivity index (χ3v) is 9.50. The molecule has 0 radical (unpaired) electrons. The van der Waals surface area contributed by atoms with E-state index < -0.39 is 0 Å². The SMILES string of the molecule is N#Cc1ccc(-c2ccccc2-c2cc(-c3cccc(-c4c5ccccc5cc5c4ccc4ccccc45)c3)nc(-c3ccccc3)n2)cc1.